The molecule has 1 atom stereocenters. The molecule has 2 aliphatic rings. The number of carbonyl (C=O) groups excluding carboxylic acids is 1. The maximum Gasteiger partial charge on any atom is 0.228 e. The van der Waals surface area contributed by atoms with Gasteiger partial charge >= 0.3 is 0 Å². The summed E-state index contributed by atoms with van der Waals surface area (Å²) in [6.07, 6.45) is 6.02. The summed E-state index contributed by atoms with van der Waals surface area (Å²) in [7, 11) is 1.81. The lowest BCUT2D eigenvalue weighted by Crippen LogP contribution is -2.22. The molecular formula is C28H36N8O3. The Morgan fingerprint density at radius 1 is 1.08 bits per heavy atom. The molecule has 1 aliphatic heterocycles. The van der Waals surface area contributed by atoms with Gasteiger partial charge in [0.2, 0.25) is 5.91 Å². The van der Waals surface area contributed by atoms with Crippen molar-refractivity contribution in [2.24, 2.45) is 5.92 Å². The lowest BCUT2D eigenvalue weighted by Gasteiger charge is -2.22. The SMILES string of the molecule is C=C(Nc1cc(C(C)(C)C)n([C@H]2CCOC2)n1)Nc1ncc(Oc2ccnc(NC(=O)C3CC3)c2)cc1NC. The van der Waals surface area contributed by atoms with Crippen LogP contribution in [0.25, 0.3) is 0 Å². The average molecular weight is 533 g/mol. The molecule has 1 aliphatic carbocycles. The third-order valence-electron chi connectivity index (χ3n) is 6.60. The topological polar surface area (TPSA) is 127 Å². The van der Waals surface area contributed by atoms with Crippen LogP contribution in [0.2, 0.25) is 0 Å². The van der Waals surface area contributed by atoms with Crippen LogP contribution in [0.15, 0.2) is 49.1 Å². The smallest absolute Gasteiger partial charge is 0.228 e. The molecule has 3 aromatic heterocycles. The van der Waals surface area contributed by atoms with Crippen LogP contribution in [-0.2, 0) is 14.9 Å². The normalized spacial score (nSPS) is 17.0. The van der Waals surface area contributed by atoms with Crippen molar-refractivity contribution in [2.45, 2.75) is 51.5 Å². The van der Waals surface area contributed by atoms with Crippen LogP contribution in [0.1, 0.15) is 51.8 Å². The zero-order valence-corrected chi connectivity index (χ0v) is 22.9. The van der Waals surface area contributed by atoms with Gasteiger partial charge in [0.15, 0.2) is 11.6 Å². The highest BCUT2D eigenvalue weighted by atomic mass is 16.5. The number of aromatic nitrogens is 4. The van der Waals surface area contributed by atoms with Gasteiger partial charge < -0.3 is 30.7 Å². The lowest BCUT2D eigenvalue weighted by molar-refractivity contribution is -0.117. The van der Waals surface area contributed by atoms with E-state index in [1.807, 2.05) is 6.07 Å². The second kappa shape index (κ2) is 10.9. The van der Waals surface area contributed by atoms with Crippen molar-refractivity contribution in [3.63, 3.8) is 0 Å². The summed E-state index contributed by atoms with van der Waals surface area (Å²) in [4.78, 5) is 20.8. The number of nitrogens with zero attached hydrogens (tertiary/aromatic N) is 4. The Morgan fingerprint density at radius 2 is 1.90 bits per heavy atom. The number of rotatable bonds is 10. The first-order valence-corrected chi connectivity index (χ1v) is 13.2. The minimum Gasteiger partial charge on any atom is -0.455 e. The van der Waals surface area contributed by atoms with E-state index in [0.717, 1.165) is 37.3 Å². The van der Waals surface area contributed by atoms with Crippen LogP contribution >= 0.6 is 0 Å². The molecule has 11 nitrogen and oxygen atoms in total. The zero-order valence-electron chi connectivity index (χ0n) is 22.9. The van der Waals surface area contributed by atoms with Crippen molar-refractivity contribution in [2.75, 3.05) is 41.5 Å². The quantitative estimate of drug-likeness (QED) is 0.282. The van der Waals surface area contributed by atoms with Gasteiger partial charge in [-0.05, 0) is 25.3 Å². The second-order valence-electron chi connectivity index (χ2n) is 10.9. The molecule has 0 bridgehead atoms. The molecule has 0 aromatic carbocycles. The molecule has 0 spiro atoms. The molecule has 4 heterocycles. The molecule has 0 unspecified atom stereocenters. The van der Waals surface area contributed by atoms with Gasteiger partial charge in [-0.2, -0.15) is 5.10 Å². The number of pyridine rings is 2. The molecule has 5 rings (SSSR count). The van der Waals surface area contributed by atoms with Gasteiger partial charge in [0.05, 0.1) is 24.5 Å². The van der Waals surface area contributed by atoms with Crippen LogP contribution in [0, 0.1) is 5.92 Å². The monoisotopic (exact) mass is 532 g/mol. The second-order valence-corrected chi connectivity index (χ2v) is 10.9. The predicted octanol–water partition coefficient (Wildman–Crippen LogP) is 5.11. The van der Waals surface area contributed by atoms with E-state index >= 15 is 0 Å². The Morgan fingerprint density at radius 3 is 2.59 bits per heavy atom. The summed E-state index contributed by atoms with van der Waals surface area (Å²) in [6, 6.07) is 7.54. The Hall–Kier alpha value is -4.12. The molecule has 11 heteroatoms. The summed E-state index contributed by atoms with van der Waals surface area (Å²) in [5.74, 6) is 3.45. The molecule has 39 heavy (non-hydrogen) atoms. The molecule has 1 saturated carbocycles. The first kappa shape index (κ1) is 26.5. The van der Waals surface area contributed by atoms with Gasteiger partial charge in [0.1, 0.15) is 23.1 Å². The highest BCUT2D eigenvalue weighted by Crippen LogP contribution is 2.33. The van der Waals surface area contributed by atoms with Crippen LogP contribution in [0.3, 0.4) is 0 Å². The number of ether oxygens (including phenoxy) is 2. The van der Waals surface area contributed by atoms with E-state index in [9.17, 15) is 4.79 Å². The van der Waals surface area contributed by atoms with Crippen LogP contribution in [0.5, 0.6) is 11.5 Å². The molecule has 1 amide bonds. The molecule has 206 valence electrons. The van der Waals surface area contributed by atoms with E-state index in [2.05, 4.69) is 69.3 Å². The van der Waals surface area contributed by atoms with E-state index < -0.39 is 0 Å². The Bertz CT molecular complexity index is 1350. The predicted molar refractivity (Wildman–Crippen MR) is 151 cm³/mol. The molecule has 0 radical (unpaired) electrons. The van der Waals surface area contributed by atoms with E-state index in [1.54, 1.807) is 31.6 Å². The lowest BCUT2D eigenvalue weighted by atomic mass is 9.91. The molecular weight excluding hydrogens is 496 g/mol. The number of anilines is 4. The van der Waals surface area contributed by atoms with Crippen molar-refractivity contribution in [1.29, 1.82) is 0 Å². The summed E-state index contributed by atoms with van der Waals surface area (Å²) in [5, 5.41) is 17.3. The molecule has 2 fully saturated rings. The molecule has 4 N–H and O–H groups in total. The summed E-state index contributed by atoms with van der Waals surface area (Å²) in [6.45, 7) is 12.1. The third kappa shape index (κ3) is 6.48. The Balaban J connectivity index is 1.25. The largest absolute Gasteiger partial charge is 0.455 e. The van der Waals surface area contributed by atoms with Gasteiger partial charge in [0.25, 0.3) is 0 Å². The Kier molecular flexibility index (Phi) is 7.42. The fourth-order valence-corrected chi connectivity index (χ4v) is 4.38. The Labute approximate surface area is 228 Å². The van der Waals surface area contributed by atoms with Gasteiger partial charge in [-0.15, -0.1) is 0 Å². The van der Waals surface area contributed by atoms with Crippen molar-refractivity contribution in [3.05, 3.63) is 54.8 Å². The summed E-state index contributed by atoms with van der Waals surface area (Å²) in [5.41, 5.74) is 1.78. The highest BCUT2D eigenvalue weighted by Gasteiger charge is 2.30. The van der Waals surface area contributed by atoms with Gasteiger partial charge in [-0.3, -0.25) is 9.48 Å². The van der Waals surface area contributed by atoms with Crippen molar-refractivity contribution in [3.8, 4) is 11.5 Å². The van der Waals surface area contributed by atoms with Gasteiger partial charge in [0, 0.05) is 55.1 Å². The van der Waals surface area contributed by atoms with Gasteiger partial charge in [-0.25, -0.2) is 9.97 Å². The van der Waals surface area contributed by atoms with Crippen molar-refractivity contribution >= 4 is 29.0 Å². The molecule has 3 aromatic rings. The fraction of sp³-hybridized carbons (Fsp3) is 0.429. The maximum atomic E-state index is 12.1. The number of carbonyl (C=O) groups is 1. The molecule has 1 saturated heterocycles. The highest BCUT2D eigenvalue weighted by molar-refractivity contribution is 5.93. The third-order valence-corrected chi connectivity index (χ3v) is 6.60. The van der Waals surface area contributed by atoms with E-state index in [-0.39, 0.29) is 23.3 Å². The first-order valence-electron chi connectivity index (χ1n) is 13.2. The minimum atomic E-state index is -0.0701. The summed E-state index contributed by atoms with van der Waals surface area (Å²) >= 11 is 0. The van der Waals surface area contributed by atoms with E-state index in [1.165, 1.54) is 0 Å². The van der Waals surface area contributed by atoms with E-state index in [4.69, 9.17) is 14.6 Å². The van der Waals surface area contributed by atoms with Crippen LogP contribution < -0.4 is 26.0 Å². The minimum absolute atomic E-state index is 0.00278. The number of amides is 1. The number of nitrogens with one attached hydrogen (secondary N) is 4. The van der Waals surface area contributed by atoms with Crippen molar-refractivity contribution in [1.82, 2.24) is 19.7 Å². The fourth-order valence-electron chi connectivity index (χ4n) is 4.38. The van der Waals surface area contributed by atoms with Gasteiger partial charge in [-0.1, -0.05) is 27.4 Å². The van der Waals surface area contributed by atoms with Crippen molar-refractivity contribution < 1.29 is 14.3 Å². The van der Waals surface area contributed by atoms with Crippen LogP contribution in [0.4, 0.5) is 23.1 Å². The standard InChI is InChI=1S/C28H36N8O3/c1-17(32-25-14-23(28(2,3)4)36(35-25)19-9-11-38-16-19)33-26-22(29-5)12-21(15-31-26)39-20-8-10-30-24(13-20)34-27(37)18-6-7-18/h8,10,12-15,18-19,29H,1,6-7,9,11,16H2,2-5H3,(H,31,33)(H,32,35)(H,30,34,37)/t19-/m0/s1. The summed E-state index contributed by atoms with van der Waals surface area (Å²) < 4.78 is 13.7. The number of hydrogen-bond donors (Lipinski definition) is 4. The van der Waals surface area contributed by atoms with E-state index in [0.29, 0.717) is 41.4 Å². The first-order chi connectivity index (χ1) is 18.7. The maximum absolute atomic E-state index is 12.1. The van der Waals surface area contributed by atoms with Crippen LogP contribution in [-0.4, -0.2) is 45.9 Å². The number of hydrogen-bond acceptors (Lipinski definition) is 9. The zero-order chi connectivity index (χ0) is 27.6. The average Bonchev–Trinajstić information content (AvgIpc) is 3.43.